The van der Waals surface area contributed by atoms with E-state index < -0.39 is 0 Å². The first kappa shape index (κ1) is 13.0. The van der Waals surface area contributed by atoms with Gasteiger partial charge in [-0.2, -0.15) is 0 Å². The molecule has 108 valence electrons. The molecule has 1 unspecified atom stereocenters. The Balaban J connectivity index is 1.78. The van der Waals surface area contributed by atoms with Crippen LogP contribution in [0.3, 0.4) is 0 Å². The molecule has 0 bridgehead atoms. The van der Waals surface area contributed by atoms with Crippen molar-refractivity contribution in [3.8, 4) is 5.00 Å². The molecule has 4 nitrogen and oxygen atoms in total. The van der Waals surface area contributed by atoms with Gasteiger partial charge in [-0.05, 0) is 48.4 Å². The summed E-state index contributed by atoms with van der Waals surface area (Å²) in [5, 5.41) is 3.28. The zero-order valence-electron chi connectivity index (χ0n) is 11.7. The molecule has 0 spiro atoms. The quantitative estimate of drug-likeness (QED) is 0.743. The van der Waals surface area contributed by atoms with Crippen LogP contribution in [0.1, 0.15) is 18.7 Å². The molecule has 0 amide bonds. The normalized spacial score (nSPS) is 19.1. The molecule has 1 saturated heterocycles. The molecular weight excluding hydrogens is 282 g/mol. The molecule has 0 N–H and O–H groups in total. The Labute approximate surface area is 127 Å². The van der Waals surface area contributed by atoms with Gasteiger partial charge in [0.15, 0.2) is 5.65 Å². The van der Waals surface area contributed by atoms with Crippen LogP contribution in [0.15, 0.2) is 35.8 Å². The molecule has 21 heavy (non-hydrogen) atoms. The van der Waals surface area contributed by atoms with Crippen molar-refractivity contribution in [2.45, 2.75) is 19.3 Å². The first-order valence-corrected chi connectivity index (χ1v) is 8.24. The minimum atomic E-state index is 0.564. The molecule has 0 aliphatic carbocycles. The van der Waals surface area contributed by atoms with Crippen molar-refractivity contribution in [2.24, 2.45) is 5.92 Å². The number of ether oxygens (including phenoxy) is 1. The van der Waals surface area contributed by atoms with E-state index in [9.17, 15) is 0 Å². The van der Waals surface area contributed by atoms with Crippen LogP contribution in [-0.4, -0.2) is 27.7 Å². The van der Waals surface area contributed by atoms with Crippen LogP contribution >= 0.6 is 11.3 Å². The van der Waals surface area contributed by atoms with E-state index in [1.807, 2.05) is 18.3 Å². The van der Waals surface area contributed by atoms with Crippen LogP contribution in [0.2, 0.25) is 0 Å². The molecule has 4 heterocycles. The Morgan fingerprint density at radius 2 is 2.33 bits per heavy atom. The maximum Gasteiger partial charge on any atom is 0.165 e. The lowest BCUT2D eigenvalue weighted by atomic mass is 9.98. The van der Waals surface area contributed by atoms with Gasteiger partial charge in [-0.15, -0.1) is 11.3 Å². The molecule has 0 aromatic carbocycles. The summed E-state index contributed by atoms with van der Waals surface area (Å²) in [6.07, 6.45) is 5.17. The van der Waals surface area contributed by atoms with E-state index in [4.69, 9.17) is 9.72 Å². The van der Waals surface area contributed by atoms with Gasteiger partial charge in [0.05, 0.1) is 0 Å². The van der Waals surface area contributed by atoms with Crippen molar-refractivity contribution >= 4 is 22.5 Å². The summed E-state index contributed by atoms with van der Waals surface area (Å²) in [6, 6.07) is 8.18. The van der Waals surface area contributed by atoms with E-state index in [2.05, 4.69) is 27.1 Å². The predicted octanol–water partition coefficient (Wildman–Crippen LogP) is 3.45. The number of rotatable bonds is 3. The molecule has 1 atom stereocenters. The van der Waals surface area contributed by atoms with Gasteiger partial charge >= 0.3 is 0 Å². The van der Waals surface area contributed by atoms with E-state index in [1.54, 1.807) is 11.3 Å². The highest BCUT2D eigenvalue weighted by molar-refractivity contribution is 7.12. The third-order valence-corrected chi connectivity index (χ3v) is 4.79. The second-order valence-corrected chi connectivity index (χ2v) is 6.37. The van der Waals surface area contributed by atoms with Crippen molar-refractivity contribution in [1.82, 2.24) is 14.5 Å². The molecule has 4 rings (SSSR count). The van der Waals surface area contributed by atoms with E-state index in [0.29, 0.717) is 5.92 Å². The molecule has 3 aromatic heterocycles. The third kappa shape index (κ3) is 2.47. The molecule has 0 radical (unpaired) electrons. The number of thiophene rings is 1. The molecule has 5 heteroatoms. The van der Waals surface area contributed by atoms with Gasteiger partial charge in [0.25, 0.3) is 0 Å². The first-order chi connectivity index (χ1) is 10.4. The summed E-state index contributed by atoms with van der Waals surface area (Å²) in [5.74, 6) is 1.66. The summed E-state index contributed by atoms with van der Waals surface area (Å²) >= 11 is 1.72. The molecule has 0 saturated carbocycles. The van der Waals surface area contributed by atoms with Crippen LogP contribution < -0.4 is 0 Å². The molecule has 1 aliphatic heterocycles. The van der Waals surface area contributed by atoms with Gasteiger partial charge in [0.1, 0.15) is 16.3 Å². The minimum Gasteiger partial charge on any atom is -0.381 e. The van der Waals surface area contributed by atoms with Crippen LogP contribution in [0.25, 0.3) is 16.2 Å². The Bertz CT molecular complexity index is 729. The fourth-order valence-electron chi connectivity index (χ4n) is 2.95. The highest BCUT2D eigenvalue weighted by atomic mass is 32.1. The SMILES string of the molecule is c1csc(-n2c(CC3CCCOC3)nc3cccnc32)c1. The number of hydrogen-bond donors (Lipinski definition) is 0. The molecule has 1 aliphatic rings. The Kier molecular flexibility index (Phi) is 3.45. The lowest BCUT2D eigenvalue weighted by molar-refractivity contribution is 0.0542. The summed E-state index contributed by atoms with van der Waals surface area (Å²) in [5.41, 5.74) is 1.92. The number of nitrogens with zero attached hydrogens (tertiary/aromatic N) is 3. The highest BCUT2D eigenvalue weighted by Crippen LogP contribution is 2.26. The zero-order valence-corrected chi connectivity index (χ0v) is 12.6. The van der Waals surface area contributed by atoms with Gasteiger partial charge in [-0.3, -0.25) is 4.57 Å². The number of aromatic nitrogens is 3. The van der Waals surface area contributed by atoms with Gasteiger partial charge in [0, 0.05) is 25.8 Å². The standard InChI is InChI=1S/C16H17N3OS/c1-5-13-16(17-7-1)19(15-6-3-9-21-15)14(18-13)10-12-4-2-8-20-11-12/h1,3,5-7,9,12H,2,4,8,10-11H2. The fraction of sp³-hybridized carbons (Fsp3) is 0.375. The van der Waals surface area contributed by atoms with Gasteiger partial charge in [0.2, 0.25) is 0 Å². The Morgan fingerprint density at radius 3 is 3.14 bits per heavy atom. The molecular formula is C16H17N3OS. The van der Waals surface area contributed by atoms with Gasteiger partial charge in [-0.25, -0.2) is 9.97 Å². The van der Waals surface area contributed by atoms with Crippen molar-refractivity contribution in [2.75, 3.05) is 13.2 Å². The van der Waals surface area contributed by atoms with Crippen molar-refractivity contribution in [1.29, 1.82) is 0 Å². The van der Waals surface area contributed by atoms with Crippen LogP contribution in [0.4, 0.5) is 0 Å². The van der Waals surface area contributed by atoms with Gasteiger partial charge in [-0.1, -0.05) is 0 Å². The summed E-state index contributed by atoms with van der Waals surface area (Å²) in [4.78, 5) is 9.34. The third-order valence-electron chi connectivity index (χ3n) is 3.94. The Hall–Kier alpha value is -1.72. The maximum atomic E-state index is 5.61. The molecule has 3 aromatic rings. The number of pyridine rings is 1. The second-order valence-electron chi connectivity index (χ2n) is 5.45. The van der Waals surface area contributed by atoms with Crippen molar-refractivity contribution in [3.05, 3.63) is 41.7 Å². The second kappa shape index (κ2) is 5.58. The monoisotopic (exact) mass is 299 g/mol. The lowest BCUT2D eigenvalue weighted by Gasteiger charge is -2.21. The largest absolute Gasteiger partial charge is 0.381 e. The summed E-state index contributed by atoms with van der Waals surface area (Å²) < 4.78 is 7.81. The first-order valence-electron chi connectivity index (χ1n) is 7.36. The average Bonchev–Trinajstić information content (AvgIpc) is 3.14. The van der Waals surface area contributed by atoms with Crippen molar-refractivity contribution < 1.29 is 4.74 Å². The van der Waals surface area contributed by atoms with E-state index in [1.165, 1.54) is 11.4 Å². The maximum absolute atomic E-state index is 5.61. The Morgan fingerprint density at radius 1 is 1.33 bits per heavy atom. The number of fused-ring (bicyclic) bond motifs is 1. The minimum absolute atomic E-state index is 0.564. The zero-order chi connectivity index (χ0) is 14.1. The number of imidazole rings is 1. The summed E-state index contributed by atoms with van der Waals surface area (Å²) in [6.45, 7) is 1.75. The average molecular weight is 299 g/mol. The fourth-order valence-corrected chi connectivity index (χ4v) is 3.70. The van der Waals surface area contributed by atoms with E-state index >= 15 is 0 Å². The van der Waals surface area contributed by atoms with Crippen molar-refractivity contribution in [3.63, 3.8) is 0 Å². The summed E-state index contributed by atoms with van der Waals surface area (Å²) in [7, 11) is 0. The van der Waals surface area contributed by atoms with E-state index in [0.717, 1.165) is 43.0 Å². The van der Waals surface area contributed by atoms with Gasteiger partial charge < -0.3 is 4.74 Å². The van der Waals surface area contributed by atoms with Crippen LogP contribution in [0.5, 0.6) is 0 Å². The molecule has 1 fully saturated rings. The number of hydrogen-bond acceptors (Lipinski definition) is 4. The van der Waals surface area contributed by atoms with Crippen LogP contribution in [0, 0.1) is 5.92 Å². The predicted molar refractivity (Wildman–Crippen MR) is 84.0 cm³/mol. The topological polar surface area (TPSA) is 39.9 Å². The highest BCUT2D eigenvalue weighted by Gasteiger charge is 2.20. The van der Waals surface area contributed by atoms with Crippen LogP contribution in [-0.2, 0) is 11.2 Å². The van der Waals surface area contributed by atoms with E-state index in [-0.39, 0.29) is 0 Å². The smallest absolute Gasteiger partial charge is 0.165 e. The lowest BCUT2D eigenvalue weighted by Crippen LogP contribution is -2.20.